The van der Waals surface area contributed by atoms with Crippen molar-refractivity contribution in [1.82, 2.24) is 10.3 Å². The minimum absolute atomic E-state index is 0.0346. The van der Waals surface area contributed by atoms with Gasteiger partial charge in [0, 0.05) is 23.2 Å². The molecule has 1 saturated carbocycles. The van der Waals surface area contributed by atoms with Gasteiger partial charge in [-0.3, -0.25) is 9.78 Å². The molecule has 4 aromatic rings. The number of amides is 1. The molecular weight excluding hydrogens is 416 g/mol. The van der Waals surface area contributed by atoms with E-state index in [1.807, 2.05) is 48.5 Å². The fourth-order valence-electron chi connectivity index (χ4n) is 5.42. The highest BCUT2D eigenvalue weighted by Gasteiger charge is 2.28. The van der Waals surface area contributed by atoms with Gasteiger partial charge in [-0.25, -0.2) is 0 Å². The summed E-state index contributed by atoms with van der Waals surface area (Å²) in [4.78, 5) is 17.7. The van der Waals surface area contributed by atoms with Crippen molar-refractivity contribution < 1.29 is 4.79 Å². The highest BCUT2D eigenvalue weighted by Crippen LogP contribution is 2.38. The number of hydrogen-bond acceptors (Lipinski definition) is 2. The van der Waals surface area contributed by atoms with Crippen molar-refractivity contribution >= 4 is 16.8 Å². The summed E-state index contributed by atoms with van der Waals surface area (Å²) >= 11 is 0. The first-order valence-electron chi connectivity index (χ1n) is 12.5. The minimum Gasteiger partial charge on any atom is -0.349 e. The number of pyridine rings is 1. The normalized spacial score (nSPS) is 19.0. The van der Waals surface area contributed by atoms with Crippen LogP contribution in [-0.2, 0) is 0 Å². The summed E-state index contributed by atoms with van der Waals surface area (Å²) in [6.07, 6.45) is 7.62. The van der Waals surface area contributed by atoms with Crippen LogP contribution in [0.1, 0.15) is 60.9 Å². The lowest BCUT2D eigenvalue weighted by Crippen LogP contribution is -2.41. The summed E-state index contributed by atoms with van der Waals surface area (Å²) in [5.74, 6) is 1.13. The molecule has 0 bridgehead atoms. The van der Waals surface area contributed by atoms with Crippen molar-refractivity contribution in [3.63, 3.8) is 0 Å². The van der Waals surface area contributed by atoms with E-state index < -0.39 is 0 Å². The Labute approximate surface area is 202 Å². The topological polar surface area (TPSA) is 42.0 Å². The minimum atomic E-state index is 0.0346. The maximum Gasteiger partial charge on any atom is 0.251 e. The van der Waals surface area contributed by atoms with E-state index in [-0.39, 0.29) is 11.9 Å². The fourth-order valence-corrected chi connectivity index (χ4v) is 5.42. The van der Waals surface area contributed by atoms with Crippen LogP contribution in [0.4, 0.5) is 0 Å². The maximum atomic E-state index is 13.0. The molecule has 1 unspecified atom stereocenters. The molecule has 3 nitrogen and oxygen atoms in total. The van der Waals surface area contributed by atoms with Crippen LogP contribution >= 0.6 is 0 Å². The summed E-state index contributed by atoms with van der Waals surface area (Å²) in [6.45, 7) is 2.18. The predicted molar refractivity (Wildman–Crippen MR) is 140 cm³/mol. The Kier molecular flexibility index (Phi) is 6.71. The van der Waals surface area contributed by atoms with Gasteiger partial charge in [0.25, 0.3) is 5.91 Å². The number of nitrogens with one attached hydrogen (secondary N) is 1. The molecule has 0 spiro atoms. The molecule has 3 aromatic carbocycles. The molecule has 3 heteroatoms. The van der Waals surface area contributed by atoms with E-state index in [0.717, 1.165) is 48.7 Å². The molecule has 1 heterocycles. The zero-order chi connectivity index (χ0) is 23.3. The van der Waals surface area contributed by atoms with E-state index in [2.05, 4.69) is 59.8 Å². The smallest absolute Gasteiger partial charge is 0.251 e. The van der Waals surface area contributed by atoms with E-state index in [1.54, 1.807) is 0 Å². The summed E-state index contributed by atoms with van der Waals surface area (Å²) in [6, 6.07) is 29.1. The number of benzene rings is 3. The Bertz CT molecular complexity index is 1240. The molecule has 0 saturated heterocycles. The van der Waals surface area contributed by atoms with Crippen LogP contribution in [-0.4, -0.2) is 16.9 Å². The zero-order valence-corrected chi connectivity index (χ0v) is 19.8. The van der Waals surface area contributed by atoms with Gasteiger partial charge in [0.2, 0.25) is 0 Å². The van der Waals surface area contributed by atoms with E-state index in [9.17, 15) is 4.79 Å². The Balaban J connectivity index is 1.19. The van der Waals surface area contributed by atoms with Crippen LogP contribution in [0.3, 0.4) is 0 Å². The van der Waals surface area contributed by atoms with Crippen LogP contribution < -0.4 is 5.32 Å². The first-order valence-corrected chi connectivity index (χ1v) is 12.5. The molecule has 1 atom stereocenters. The lowest BCUT2D eigenvalue weighted by molar-refractivity contribution is 0.0909. The number of para-hydroxylation sites is 1. The summed E-state index contributed by atoms with van der Waals surface area (Å²) in [5, 5.41) is 4.56. The molecule has 172 valence electrons. The van der Waals surface area contributed by atoms with Crippen LogP contribution in [0.2, 0.25) is 0 Å². The summed E-state index contributed by atoms with van der Waals surface area (Å²) < 4.78 is 0. The second-order valence-electron chi connectivity index (χ2n) is 9.50. The molecule has 1 fully saturated rings. The zero-order valence-electron chi connectivity index (χ0n) is 19.8. The van der Waals surface area contributed by atoms with Crippen molar-refractivity contribution in [2.24, 2.45) is 5.92 Å². The lowest BCUT2D eigenvalue weighted by Gasteiger charge is -2.34. The fraction of sp³-hybridized carbons (Fsp3) is 0.290. The largest absolute Gasteiger partial charge is 0.349 e. The van der Waals surface area contributed by atoms with Crippen molar-refractivity contribution in [3.05, 3.63) is 102 Å². The second kappa shape index (κ2) is 10.2. The van der Waals surface area contributed by atoms with E-state index in [1.165, 1.54) is 16.5 Å². The van der Waals surface area contributed by atoms with Gasteiger partial charge in [0.15, 0.2) is 0 Å². The van der Waals surface area contributed by atoms with Crippen LogP contribution in [0.25, 0.3) is 22.0 Å². The molecule has 0 radical (unpaired) electrons. The highest BCUT2D eigenvalue weighted by atomic mass is 16.1. The quantitative estimate of drug-likeness (QED) is 0.334. The van der Waals surface area contributed by atoms with Crippen LogP contribution in [0.5, 0.6) is 0 Å². The van der Waals surface area contributed by atoms with Gasteiger partial charge < -0.3 is 5.32 Å². The molecule has 1 aromatic heterocycles. The third-order valence-electron chi connectivity index (χ3n) is 7.43. The van der Waals surface area contributed by atoms with Gasteiger partial charge in [-0.05, 0) is 84.9 Å². The van der Waals surface area contributed by atoms with Crippen LogP contribution in [0, 0.1) is 5.92 Å². The van der Waals surface area contributed by atoms with Gasteiger partial charge in [-0.15, -0.1) is 0 Å². The van der Waals surface area contributed by atoms with Crippen molar-refractivity contribution in [3.8, 4) is 11.1 Å². The average molecular weight is 449 g/mol. The molecule has 5 rings (SSSR count). The van der Waals surface area contributed by atoms with Gasteiger partial charge >= 0.3 is 0 Å². The SMILES string of the molecule is CCC(NC(=O)c1ccc(-c2ccccc2)cc1)[C@H]1CC[C@H](c2cnc3ccccc3c2)CC1. The molecule has 1 N–H and O–H groups in total. The Hall–Kier alpha value is -3.46. The number of rotatable bonds is 6. The highest BCUT2D eigenvalue weighted by molar-refractivity contribution is 5.94. The number of aromatic nitrogens is 1. The molecule has 0 aliphatic heterocycles. The average Bonchev–Trinajstić information content (AvgIpc) is 2.92. The molecule has 1 amide bonds. The van der Waals surface area contributed by atoms with Crippen LogP contribution in [0.15, 0.2) is 91.1 Å². The standard InChI is InChI=1S/C31H32N2O/c1-2-29(33-31(34)26-18-14-23(15-19-26)22-8-4-3-5-9-22)25-16-12-24(13-17-25)28-20-27-10-6-7-11-30(27)32-21-28/h3-11,14-15,18-21,24-25,29H,2,12-13,16-17H2,1H3,(H,33,34)/t24-,25-,29?. The number of carbonyl (C=O) groups excluding carboxylic acids is 1. The third-order valence-corrected chi connectivity index (χ3v) is 7.43. The molecule has 1 aliphatic carbocycles. The molecule has 34 heavy (non-hydrogen) atoms. The van der Waals surface area contributed by atoms with Gasteiger partial charge in [0.05, 0.1) is 5.52 Å². The number of fused-ring (bicyclic) bond motifs is 1. The van der Waals surface area contributed by atoms with Gasteiger partial charge in [0.1, 0.15) is 0 Å². The van der Waals surface area contributed by atoms with Crippen molar-refractivity contribution in [2.75, 3.05) is 0 Å². The van der Waals surface area contributed by atoms with Gasteiger partial charge in [-0.2, -0.15) is 0 Å². The first kappa shape index (κ1) is 22.3. The van der Waals surface area contributed by atoms with Gasteiger partial charge in [-0.1, -0.05) is 67.6 Å². The predicted octanol–water partition coefficient (Wildman–Crippen LogP) is 7.38. The number of nitrogens with zero attached hydrogens (tertiary/aromatic N) is 1. The van der Waals surface area contributed by atoms with E-state index in [0.29, 0.717) is 11.8 Å². The maximum absolute atomic E-state index is 13.0. The number of hydrogen-bond donors (Lipinski definition) is 1. The third kappa shape index (κ3) is 4.89. The lowest BCUT2D eigenvalue weighted by atomic mass is 9.75. The number of carbonyl (C=O) groups is 1. The first-order chi connectivity index (χ1) is 16.7. The van der Waals surface area contributed by atoms with Crippen molar-refractivity contribution in [2.45, 2.75) is 51.0 Å². The Morgan fingerprint density at radius 2 is 1.56 bits per heavy atom. The van der Waals surface area contributed by atoms with E-state index in [4.69, 9.17) is 0 Å². The summed E-state index contributed by atoms with van der Waals surface area (Å²) in [5.41, 5.74) is 5.44. The Morgan fingerprint density at radius 3 is 2.29 bits per heavy atom. The second-order valence-corrected chi connectivity index (χ2v) is 9.50. The molecular formula is C31H32N2O. The molecule has 1 aliphatic rings. The van der Waals surface area contributed by atoms with E-state index >= 15 is 0 Å². The van der Waals surface area contributed by atoms with Crippen molar-refractivity contribution in [1.29, 1.82) is 0 Å². The monoisotopic (exact) mass is 448 g/mol. The summed E-state index contributed by atoms with van der Waals surface area (Å²) in [7, 11) is 0. The Morgan fingerprint density at radius 1 is 0.882 bits per heavy atom.